The van der Waals surface area contributed by atoms with Gasteiger partial charge in [0.2, 0.25) is 0 Å². The van der Waals surface area contributed by atoms with E-state index < -0.39 is 5.82 Å². The largest absolute Gasteiger partial charge is 0.384 e. The van der Waals surface area contributed by atoms with Crippen molar-refractivity contribution in [1.29, 1.82) is 0 Å². The number of aromatic nitrogens is 4. The summed E-state index contributed by atoms with van der Waals surface area (Å²) in [6, 6.07) is 9.52. The Labute approximate surface area is 165 Å². The van der Waals surface area contributed by atoms with Crippen molar-refractivity contribution in [2.75, 3.05) is 5.73 Å². The molecule has 5 rings (SSSR count). The Morgan fingerprint density at radius 3 is 2.75 bits per heavy atom. The summed E-state index contributed by atoms with van der Waals surface area (Å²) in [5.41, 5.74) is 6.82. The van der Waals surface area contributed by atoms with E-state index >= 15 is 0 Å². The number of hydrogen-bond acceptors (Lipinski definition) is 5. The SMILES string of the molecule is Nc1cc(Sc2nc3c4cc[nH]c(=O)c4c4cc(F)ccc4c3[nH]2)cc(Cl)n1. The van der Waals surface area contributed by atoms with Gasteiger partial charge >= 0.3 is 0 Å². The number of H-pyrrole nitrogens is 2. The van der Waals surface area contributed by atoms with Gasteiger partial charge in [-0.05, 0) is 36.4 Å². The third kappa shape index (κ3) is 2.69. The molecule has 0 radical (unpaired) electrons. The van der Waals surface area contributed by atoms with E-state index in [0.29, 0.717) is 38.0 Å². The van der Waals surface area contributed by atoms with Crippen LogP contribution in [0.4, 0.5) is 10.2 Å². The van der Waals surface area contributed by atoms with Crippen LogP contribution in [0.3, 0.4) is 0 Å². The van der Waals surface area contributed by atoms with Gasteiger partial charge in [-0.25, -0.2) is 14.4 Å². The molecule has 0 saturated heterocycles. The molecule has 6 nitrogen and oxygen atoms in total. The molecule has 0 unspecified atom stereocenters. The first-order chi connectivity index (χ1) is 13.5. The molecule has 0 aliphatic carbocycles. The van der Waals surface area contributed by atoms with Crippen molar-refractivity contribution >= 4 is 61.8 Å². The van der Waals surface area contributed by atoms with Crippen LogP contribution in [-0.2, 0) is 0 Å². The molecule has 28 heavy (non-hydrogen) atoms. The van der Waals surface area contributed by atoms with E-state index in [1.54, 1.807) is 30.5 Å². The molecule has 3 heterocycles. The van der Waals surface area contributed by atoms with Gasteiger partial charge in [-0.2, -0.15) is 0 Å². The first-order valence-electron chi connectivity index (χ1n) is 8.23. The van der Waals surface area contributed by atoms with Crippen LogP contribution in [0.2, 0.25) is 5.15 Å². The summed E-state index contributed by atoms with van der Waals surface area (Å²) in [4.78, 5) is 27.8. The van der Waals surface area contributed by atoms with E-state index in [2.05, 4.69) is 19.9 Å². The third-order valence-corrected chi connectivity index (χ3v) is 5.47. The van der Waals surface area contributed by atoms with Gasteiger partial charge < -0.3 is 15.7 Å². The number of nitrogens with one attached hydrogen (secondary N) is 2. The Morgan fingerprint density at radius 2 is 1.93 bits per heavy atom. The molecule has 4 N–H and O–H groups in total. The number of fused-ring (bicyclic) bond motifs is 6. The van der Waals surface area contributed by atoms with E-state index in [0.717, 1.165) is 10.4 Å². The lowest BCUT2D eigenvalue weighted by Crippen LogP contribution is -2.05. The second kappa shape index (κ2) is 6.22. The Bertz CT molecular complexity index is 1440. The van der Waals surface area contributed by atoms with Crippen molar-refractivity contribution in [3.63, 3.8) is 0 Å². The standard InChI is InChI=1S/C19H11ClFN5OS/c20-13-6-9(7-14(22)24-13)28-19-25-16-10-2-1-8(21)5-12(10)15-11(17(16)26-19)3-4-23-18(15)27/h1-7H,(H2,22,24)(H,23,27)(H,25,26). The van der Waals surface area contributed by atoms with Gasteiger partial charge in [0, 0.05) is 27.3 Å². The van der Waals surface area contributed by atoms with Crippen molar-refractivity contribution < 1.29 is 4.39 Å². The number of halogens is 2. The summed E-state index contributed by atoms with van der Waals surface area (Å²) < 4.78 is 13.9. The third-order valence-electron chi connectivity index (χ3n) is 4.42. The maximum absolute atomic E-state index is 13.9. The fourth-order valence-corrected chi connectivity index (χ4v) is 4.48. The van der Waals surface area contributed by atoms with Crippen LogP contribution in [0.25, 0.3) is 32.6 Å². The lowest BCUT2D eigenvalue weighted by molar-refractivity contribution is 0.630. The number of nitrogen functional groups attached to an aromatic ring is 1. The first-order valence-corrected chi connectivity index (χ1v) is 9.42. The molecule has 3 aromatic heterocycles. The maximum Gasteiger partial charge on any atom is 0.256 e. The minimum atomic E-state index is -0.410. The fraction of sp³-hybridized carbons (Fsp3) is 0. The molecule has 138 valence electrons. The molecule has 0 fully saturated rings. The normalized spacial score (nSPS) is 11.6. The number of anilines is 1. The number of hydrogen-bond donors (Lipinski definition) is 3. The summed E-state index contributed by atoms with van der Waals surface area (Å²) in [6.07, 6.45) is 1.56. The molecule has 0 amide bonds. The van der Waals surface area contributed by atoms with Crippen LogP contribution in [0.1, 0.15) is 0 Å². The van der Waals surface area contributed by atoms with Crippen molar-refractivity contribution in [2.45, 2.75) is 10.1 Å². The number of nitrogens with two attached hydrogens (primary N) is 1. The Balaban J connectivity index is 1.81. The van der Waals surface area contributed by atoms with E-state index in [1.165, 1.54) is 23.9 Å². The highest BCUT2D eigenvalue weighted by Gasteiger charge is 2.16. The second-order valence-electron chi connectivity index (χ2n) is 6.20. The van der Waals surface area contributed by atoms with Gasteiger partial charge in [0.1, 0.15) is 16.8 Å². The predicted octanol–water partition coefficient (Wildman–Crippen LogP) is 4.48. The molecular weight excluding hydrogens is 401 g/mol. The van der Waals surface area contributed by atoms with Gasteiger partial charge in [-0.15, -0.1) is 0 Å². The van der Waals surface area contributed by atoms with Crippen LogP contribution in [-0.4, -0.2) is 19.9 Å². The predicted molar refractivity (Wildman–Crippen MR) is 109 cm³/mol. The van der Waals surface area contributed by atoms with Crippen LogP contribution in [0.15, 0.2) is 57.4 Å². The number of nitrogens with zero attached hydrogens (tertiary/aromatic N) is 2. The highest BCUT2D eigenvalue weighted by molar-refractivity contribution is 7.99. The highest BCUT2D eigenvalue weighted by atomic mass is 35.5. The van der Waals surface area contributed by atoms with E-state index in [9.17, 15) is 9.18 Å². The molecule has 0 saturated carbocycles. The summed E-state index contributed by atoms with van der Waals surface area (Å²) in [5, 5.41) is 3.18. The molecule has 0 aliphatic rings. The Hall–Kier alpha value is -3.10. The van der Waals surface area contributed by atoms with Crippen molar-refractivity contribution in [3.05, 3.63) is 63.9 Å². The molecule has 0 bridgehead atoms. The van der Waals surface area contributed by atoms with Crippen LogP contribution < -0.4 is 11.3 Å². The van der Waals surface area contributed by atoms with E-state index in [1.807, 2.05) is 0 Å². The van der Waals surface area contributed by atoms with Gasteiger partial charge in [-0.3, -0.25) is 4.79 Å². The first kappa shape index (κ1) is 17.0. The van der Waals surface area contributed by atoms with Crippen LogP contribution >= 0.6 is 23.4 Å². The summed E-state index contributed by atoms with van der Waals surface area (Å²) >= 11 is 7.31. The molecule has 0 spiro atoms. The van der Waals surface area contributed by atoms with Gasteiger partial charge in [-0.1, -0.05) is 23.4 Å². The number of rotatable bonds is 2. The van der Waals surface area contributed by atoms with Crippen LogP contribution in [0, 0.1) is 5.82 Å². The highest BCUT2D eigenvalue weighted by Crippen LogP contribution is 2.36. The molecule has 9 heteroatoms. The molecule has 0 atom stereocenters. The average Bonchev–Trinajstić information content (AvgIpc) is 3.04. The van der Waals surface area contributed by atoms with Crippen molar-refractivity contribution in [2.24, 2.45) is 0 Å². The molecular formula is C19H11ClFN5OS. The number of pyridine rings is 2. The lowest BCUT2D eigenvalue weighted by Gasteiger charge is -2.05. The average molecular weight is 412 g/mol. The topological polar surface area (TPSA) is 100 Å². The molecule has 2 aromatic carbocycles. The minimum Gasteiger partial charge on any atom is -0.384 e. The summed E-state index contributed by atoms with van der Waals surface area (Å²) in [5.74, 6) is -0.101. The van der Waals surface area contributed by atoms with Crippen LogP contribution in [0.5, 0.6) is 0 Å². The van der Waals surface area contributed by atoms with Gasteiger partial charge in [0.05, 0.1) is 16.4 Å². The summed E-state index contributed by atoms with van der Waals surface area (Å²) in [7, 11) is 0. The number of aromatic amines is 2. The van der Waals surface area contributed by atoms with Gasteiger partial charge in [0.25, 0.3) is 5.56 Å². The lowest BCUT2D eigenvalue weighted by atomic mass is 10.0. The Morgan fingerprint density at radius 1 is 1.07 bits per heavy atom. The zero-order valence-corrected chi connectivity index (χ0v) is 15.7. The smallest absolute Gasteiger partial charge is 0.256 e. The second-order valence-corrected chi connectivity index (χ2v) is 7.65. The minimum absolute atomic E-state index is 0.288. The Kier molecular flexibility index (Phi) is 3.78. The molecule has 0 aliphatic heterocycles. The zero-order valence-electron chi connectivity index (χ0n) is 14.1. The van der Waals surface area contributed by atoms with E-state index in [-0.39, 0.29) is 10.7 Å². The quantitative estimate of drug-likeness (QED) is 0.294. The fourth-order valence-electron chi connectivity index (χ4n) is 3.34. The number of imidazole rings is 1. The van der Waals surface area contributed by atoms with Crippen molar-refractivity contribution in [3.8, 4) is 0 Å². The molecule has 5 aromatic rings. The van der Waals surface area contributed by atoms with Crippen molar-refractivity contribution in [1.82, 2.24) is 19.9 Å². The summed E-state index contributed by atoms with van der Waals surface area (Å²) in [6.45, 7) is 0. The number of benzene rings is 2. The van der Waals surface area contributed by atoms with E-state index in [4.69, 9.17) is 17.3 Å². The monoisotopic (exact) mass is 411 g/mol. The van der Waals surface area contributed by atoms with Gasteiger partial charge in [0.15, 0.2) is 5.16 Å². The maximum atomic E-state index is 13.9. The zero-order chi connectivity index (χ0) is 19.4.